The minimum atomic E-state index is 0. The number of hydrogen-bond donors (Lipinski definition) is 0. The van der Waals surface area contributed by atoms with Gasteiger partial charge in [0, 0.05) is 0 Å². The second-order valence-electron chi connectivity index (χ2n) is 0. The standard InChI is InChI=1S/ClH.Ni.4H2O/h1H;;4*1H2/q;+2;;;;/p-1. The molecule has 0 aromatic rings. The molecule has 0 radical (unpaired) electrons. The van der Waals surface area contributed by atoms with Crippen LogP contribution in [0.4, 0.5) is 0 Å². The summed E-state index contributed by atoms with van der Waals surface area (Å²) in [4.78, 5) is 0. The molecule has 6 heavy (non-hydrogen) atoms. The molecule has 0 heterocycles. The average Bonchev–Trinajstić information content (AvgIpc) is 0. The van der Waals surface area contributed by atoms with Crippen LogP contribution in [0.5, 0.6) is 0 Å². The van der Waals surface area contributed by atoms with E-state index in [9.17, 15) is 0 Å². The van der Waals surface area contributed by atoms with Crippen LogP contribution in [0.3, 0.4) is 0 Å². The second-order valence-corrected chi connectivity index (χ2v) is 0. The van der Waals surface area contributed by atoms with Gasteiger partial charge >= 0.3 is 16.5 Å². The number of rotatable bonds is 0. The predicted molar refractivity (Wildman–Crippen MR) is 14.5 cm³/mol. The first-order valence-electron chi connectivity index (χ1n) is 0. The Morgan fingerprint density at radius 2 is 0.500 bits per heavy atom. The van der Waals surface area contributed by atoms with Gasteiger partial charge in [0.15, 0.2) is 0 Å². The van der Waals surface area contributed by atoms with Crippen LogP contribution in [0, 0.1) is 0 Å². The van der Waals surface area contributed by atoms with Crippen LogP contribution in [0.25, 0.3) is 0 Å². The van der Waals surface area contributed by atoms with Crippen molar-refractivity contribution in [3.63, 3.8) is 0 Å². The smallest absolute Gasteiger partial charge is 1.00 e. The van der Waals surface area contributed by atoms with Gasteiger partial charge in [0.25, 0.3) is 0 Å². The van der Waals surface area contributed by atoms with Crippen LogP contribution in [-0.2, 0) is 16.5 Å². The maximum atomic E-state index is 0. The summed E-state index contributed by atoms with van der Waals surface area (Å²) in [5.41, 5.74) is 0. The zero-order chi connectivity index (χ0) is 0. The summed E-state index contributed by atoms with van der Waals surface area (Å²) in [5.74, 6) is 0. The van der Waals surface area contributed by atoms with Gasteiger partial charge in [-0.2, -0.15) is 0 Å². The molecule has 6 heteroatoms. The molecular formula is H8ClNiO4+. The molecule has 0 aromatic carbocycles. The van der Waals surface area contributed by atoms with E-state index in [-0.39, 0.29) is 50.8 Å². The van der Waals surface area contributed by atoms with Gasteiger partial charge in [-0.15, -0.1) is 0 Å². The van der Waals surface area contributed by atoms with E-state index in [1.165, 1.54) is 0 Å². The molecule has 0 fully saturated rings. The largest absolute Gasteiger partial charge is 2.00 e. The van der Waals surface area contributed by atoms with Crippen molar-refractivity contribution in [3.05, 3.63) is 0 Å². The minimum Gasteiger partial charge on any atom is -1.00 e. The molecule has 0 atom stereocenters. The summed E-state index contributed by atoms with van der Waals surface area (Å²) in [6.45, 7) is 0. The van der Waals surface area contributed by atoms with Gasteiger partial charge in [-0.05, 0) is 0 Å². The summed E-state index contributed by atoms with van der Waals surface area (Å²) in [7, 11) is 0. The van der Waals surface area contributed by atoms with Crippen molar-refractivity contribution in [1.82, 2.24) is 0 Å². The topological polar surface area (TPSA) is 126 Å². The van der Waals surface area contributed by atoms with Crippen molar-refractivity contribution in [1.29, 1.82) is 0 Å². The Balaban J connectivity index is 0. The molecule has 0 aliphatic heterocycles. The third-order valence-electron chi connectivity index (χ3n) is 0. The van der Waals surface area contributed by atoms with Gasteiger partial charge in [-0.25, -0.2) is 0 Å². The fourth-order valence-corrected chi connectivity index (χ4v) is 0. The molecule has 0 aliphatic carbocycles. The van der Waals surface area contributed by atoms with Gasteiger partial charge in [0.05, 0.1) is 0 Å². The molecule has 0 aliphatic rings. The van der Waals surface area contributed by atoms with E-state index in [4.69, 9.17) is 0 Å². The first kappa shape index (κ1) is 539. The zero-order valence-electron chi connectivity index (χ0n) is 2.69. The molecule has 0 spiro atoms. The normalized spacial score (nSPS) is 0. The fourth-order valence-electron chi connectivity index (χ4n) is 0. The zero-order valence-corrected chi connectivity index (χ0v) is 4.44. The summed E-state index contributed by atoms with van der Waals surface area (Å²) < 4.78 is 0. The number of halogens is 1. The molecule has 0 saturated carbocycles. The van der Waals surface area contributed by atoms with Crippen LogP contribution >= 0.6 is 0 Å². The van der Waals surface area contributed by atoms with Gasteiger partial charge in [-0.3, -0.25) is 0 Å². The first-order valence-corrected chi connectivity index (χ1v) is 0. The van der Waals surface area contributed by atoms with Crippen LogP contribution in [0.1, 0.15) is 0 Å². The van der Waals surface area contributed by atoms with Crippen LogP contribution in [0.15, 0.2) is 0 Å². The predicted octanol–water partition coefficient (Wildman–Crippen LogP) is -6.30. The van der Waals surface area contributed by atoms with Crippen LogP contribution in [0.2, 0.25) is 0 Å². The Hall–Kier alpha value is 0.624. The van der Waals surface area contributed by atoms with E-state index in [0.29, 0.717) is 0 Å². The summed E-state index contributed by atoms with van der Waals surface area (Å²) >= 11 is 0. The molecule has 8 N–H and O–H groups in total. The number of hydrogen-bond acceptors (Lipinski definition) is 0. The summed E-state index contributed by atoms with van der Waals surface area (Å²) in [6.07, 6.45) is 0. The van der Waals surface area contributed by atoms with Crippen molar-refractivity contribution in [2.24, 2.45) is 0 Å². The molecule has 0 unspecified atom stereocenters. The van der Waals surface area contributed by atoms with E-state index >= 15 is 0 Å². The molecule has 0 amide bonds. The van der Waals surface area contributed by atoms with Crippen LogP contribution in [-0.4, -0.2) is 21.9 Å². The quantitative estimate of drug-likeness (QED) is 0.317. The molecular weight excluding hydrogens is 158 g/mol. The summed E-state index contributed by atoms with van der Waals surface area (Å²) in [5, 5.41) is 0. The third-order valence-corrected chi connectivity index (χ3v) is 0. The molecule has 0 bridgehead atoms. The average molecular weight is 166 g/mol. The van der Waals surface area contributed by atoms with E-state index in [2.05, 4.69) is 0 Å². The Kier molecular flexibility index (Phi) is 27800. The van der Waals surface area contributed by atoms with Gasteiger partial charge in [0.2, 0.25) is 0 Å². The van der Waals surface area contributed by atoms with Crippen molar-refractivity contribution in [3.8, 4) is 0 Å². The van der Waals surface area contributed by atoms with E-state index in [1.807, 2.05) is 0 Å². The van der Waals surface area contributed by atoms with Gasteiger partial charge in [0.1, 0.15) is 0 Å². The van der Waals surface area contributed by atoms with Crippen LogP contribution < -0.4 is 12.4 Å². The van der Waals surface area contributed by atoms with E-state index < -0.39 is 0 Å². The Labute approximate surface area is 51.5 Å². The fraction of sp³-hybridized carbons (Fsp3) is 0. The van der Waals surface area contributed by atoms with Crippen molar-refractivity contribution < 1.29 is 50.8 Å². The molecule has 0 saturated heterocycles. The Bertz CT molecular complexity index is 7.51. The monoisotopic (exact) mass is 165 g/mol. The van der Waals surface area contributed by atoms with E-state index in [1.54, 1.807) is 0 Å². The van der Waals surface area contributed by atoms with Gasteiger partial charge < -0.3 is 34.3 Å². The summed E-state index contributed by atoms with van der Waals surface area (Å²) in [6, 6.07) is 0. The van der Waals surface area contributed by atoms with Crippen molar-refractivity contribution >= 4 is 0 Å². The second kappa shape index (κ2) is 309. The molecule has 4 nitrogen and oxygen atoms in total. The Morgan fingerprint density at radius 3 is 0.500 bits per heavy atom. The van der Waals surface area contributed by atoms with Crippen molar-refractivity contribution in [2.45, 2.75) is 0 Å². The first-order chi connectivity index (χ1) is 0. The Morgan fingerprint density at radius 1 is 0.500 bits per heavy atom. The minimum absolute atomic E-state index is 0. The maximum absolute atomic E-state index is 0. The maximum Gasteiger partial charge on any atom is 2.00 e. The third kappa shape index (κ3) is 156. The molecule has 0 aromatic heterocycles. The van der Waals surface area contributed by atoms with Crippen molar-refractivity contribution in [2.75, 3.05) is 0 Å². The SMILES string of the molecule is O.O.O.O.[Cl-].[Ni+2]. The van der Waals surface area contributed by atoms with E-state index in [0.717, 1.165) is 0 Å². The molecule has 0 rings (SSSR count). The molecule has 48 valence electrons. The van der Waals surface area contributed by atoms with Gasteiger partial charge in [-0.1, -0.05) is 0 Å².